The summed E-state index contributed by atoms with van der Waals surface area (Å²) in [6, 6.07) is 12.3. The van der Waals surface area contributed by atoms with Crippen LogP contribution < -0.4 is 5.32 Å². The molecule has 0 saturated carbocycles. The lowest BCUT2D eigenvalue weighted by Gasteiger charge is -2.22. The number of rotatable bonds is 4. The van der Waals surface area contributed by atoms with E-state index in [9.17, 15) is 18.0 Å². The molecule has 1 saturated heterocycles. The average Bonchev–Trinajstić information content (AvgIpc) is 3.54. The maximum Gasteiger partial charge on any atom is 0.490 e. The number of alkyl halides is 3. The van der Waals surface area contributed by atoms with Crippen LogP contribution in [0.15, 0.2) is 40.9 Å². The minimum Gasteiger partial charge on any atom is -0.475 e. The van der Waals surface area contributed by atoms with Gasteiger partial charge in [0.15, 0.2) is 5.69 Å². The van der Waals surface area contributed by atoms with Gasteiger partial charge in [-0.2, -0.15) is 18.3 Å². The van der Waals surface area contributed by atoms with Gasteiger partial charge in [0.25, 0.3) is 5.91 Å². The summed E-state index contributed by atoms with van der Waals surface area (Å²) in [5.41, 5.74) is 5.17. The highest BCUT2D eigenvalue weighted by Gasteiger charge is 2.46. The third-order valence-electron chi connectivity index (χ3n) is 6.47. The molecule has 2 aliphatic rings. The van der Waals surface area contributed by atoms with Gasteiger partial charge in [-0.15, -0.1) is 0 Å². The number of aromatic nitrogens is 3. The zero-order valence-electron chi connectivity index (χ0n) is 19.9. The predicted molar refractivity (Wildman–Crippen MR) is 121 cm³/mol. The number of carboxylic acid groups (broad SMARTS) is 1. The number of benzene rings is 1. The molecular weight excluding hydrogens is 479 g/mol. The van der Waals surface area contributed by atoms with Gasteiger partial charge in [-0.25, -0.2) is 4.79 Å². The van der Waals surface area contributed by atoms with Crippen LogP contribution in [0.4, 0.5) is 13.2 Å². The average molecular weight is 505 g/mol. The molecule has 2 aromatic heterocycles. The number of nitrogens with zero attached hydrogens (tertiary/aromatic N) is 4. The van der Waals surface area contributed by atoms with Crippen LogP contribution in [0.3, 0.4) is 0 Å². The zero-order chi connectivity index (χ0) is 26.2. The number of nitrogens with one attached hydrogen (secondary N) is 1. The molecule has 0 unspecified atom stereocenters. The minimum atomic E-state index is -5.08. The first-order chi connectivity index (χ1) is 16.9. The van der Waals surface area contributed by atoms with Crippen LogP contribution >= 0.6 is 0 Å². The number of aryl methyl sites for hydroxylation is 3. The molecule has 5 rings (SSSR count). The Bertz CT molecular complexity index is 1270. The molecule has 3 atom stereocenters. The normalized spacial score (nSPS) is 20.9. The molecule has 0 radical (unpaired) electrons. The van der Waals surface area contributed by atoms with Crippen LogP contribution in [0.1, 0.15) is 50.7 Å². The maximum atomic E-state index is 12.8. The molecular formula is C24H26F3N5O4. The number of amides is 1. The van der Waals surface area contributed by atoms with Gasteiger partial charge in [-0.1, -0.05) is 29.4 Å². The second-order valence-corrected chi connectivity index (χ2v) is 9.07. The number of carbonyl (C=O) groups is 2. The number of halogens is 3. The van der Waals surface area contributed by atoms with E-state index in [2.05, 4.69) is 50.8 Å². The number of hydrogen-bond donors (Lipinski definition) is 2. The SMILES string of the molecule is Cc1cc(CN2C[C@@H]3[C@H](NC(=O)c4cc(C)on4)c4ccccc4[C@@H]3C2)n(C)n1.O=C(O)C(F)(F)F. The van der Waals surface area contributed by atoms with Crippen molar-refractivity contribution in [2.45, 2.75) is 38.5 Å². The lowest BCUT2D eigenvalue weighted by molar-refractivity contribution is -0.192. The van der Waals surface area contributed by atoms with Crippen molar-refractivity contribution in [2.75, 3.05) is 13.1 Å². The van der Waals surface area contributed by atoms with E-state index in [4.69, 9.17) is 14.4 Å². The van der Waals surface area contributed by atoms with Crippen molar-refractivity contribution in [3.05, 3.63) is 70.4 Å². The Morgan fingerprint density at radius 2 is 1.83 bits per heavy atom. The molecule has 192 valence electrons. The predicted octanol–water partition coefficient (Wildman–Crippen LogP) is 3.36. The summed E-state index contributed by atoms with van der Waals surface area (Å²) < 4.78 is 38.8. The first kappa shape index (κ1) is 25.4. The molecule has 0 spiro atoms. The highest BCUT2D eigenvalue weighted by atomic mass is 19.4. The van der Waals surface area contributed by atoms with Crippen molar-refractivity contribution in [1.29, 1.82) is 0 Å². The summed E-state index contributed by atoms with van der Waals surface area (Å²) in [5, 5.41) is 18.7. The van der Waals surface area contributed by atoms with Crippen molar-refractivity contribution >= 4 is 11.9 Å². The topological polar surface area (TPSA) is 113 Å². The molecule has 1 aromatic carbocycles. The number of likely N-dealkylation sites (tertiary alicyclic amines) is 1. The van der Waals surface area contributed by atoms with Gasteiger partial charge in [0.05, 0.1) is 17.4 Å². The summed E-state index contributed by atoms with van der Waals surface area (Å²) in [6.45, 7) is 6.61. The van der Waals surface area contributed by atoms with E-state index in [1.165, 1.54) is 16.8 Å². The van der Waals surface area contributed by atoms with Gasteiger partial charge in [-0.05, 0) is 31.0 Å². The standard InChI is InChI=1S/C22H25N5O2.C2HF3O2/c1-13-8-15(26(3)24-13)10-27-11-18-16-6-4-5-7-17(16)21(19(18)12-27)23-22(28)20-9-14(2)29-25-20;3-2(4,5)1(6)7/h4-9,18-19,21H,10-12H2,1-3H3,(H,23,28);(H,6,7)/t18-,19-,21+;/m0./s1. The number of hydrogen-bond acceptors (Lipinski definition) is 6. The third-order valence-corrected chi connectivity index (χ3v) is 6.47. The van der Waals surface area contributed by atoms with Crippen molar-refractivity contribution < 1.29 is 32.4 Å². The highest BCUT2D eigenvalue weighted by molar-refractivity contribution is 5.92. The summed E-state index contributed by atoms with van der Waals surface area (Å²) in [7, 11) is 2.00. The van der Waals surface area contributed by atoms with Gasteiger partial charge in [0.1, 0.15) is 5.76 Å². The van der Waals surface area contributed by atoms with Crippen LogP contribution in [0.25, 0.3) is 0 Å². The van der Waals surface area contributed by atoms with E-state index < -0.39 is 12.1 Å². The quantitative estimate of drug-likeness (QED) is 0.559. The molecule has 3 aromatic rings. The molecule has 36 heavy (non-hydrogen) atoms. The zero-order valence-corrected chi connectivity index (χ0v) is 19.9. The van der Waals surface area contributed by atoms with Crippen molar-refractivity contribution in [1.82, 2.24) is 25.2 Å². The van der Waals surface area contributed by atoms with Crippen LogP contribution in [0.5, 0.6) is 0 Å². The fourth-order valence-electron chi connectivity index (χ4n) is 4.99. The van der Waals surface area contributed by atoms with Crippen LogP contribution in [-0.2, 0) is 18.4 Å². The second-order valence-electron chi connectivity index (χ2n) is 9.07. The molecule has 3 heterocycles. The summed E-state index contributed by atoms with van der Waals surface area (Å²) >= 11 is 0. The Hall–Kier alpha value is -3.67. The Morgan fingerprint density at radius 1 is 1.17 bits per heavy atom. The first-order valence-electron chi connectivity index (χ1n) is 11.3. The molecule has 12 heteroatoms. The number of carbonyl (C=O) groups excluding carboxylic acids is 1. The third kappa shape index (κ3) is 5.27. The van der Waals surface area contributed by atoms with Gasteiger partial charge in [0.2, 0.25) is 0 Å². The number of aliphatic carboxylic acids is 1. The van der Waals surface area contributed by atoms with E-state index in [0.717, 1.165) is 25.3 Å². The summed E-state index contributed by atoms with van der Waals surface area (Å²) in [4.78, 5) is 24.1. The van der Waals surface area contributed by atoms with Crippen LogP contribution in [-0.4, -0.2) is 56.1 Å². The molecule has 9 nitrogen and oxygen atoms in total. The minimum absolute atomic E-state index is 0.0148. The summed E-state index contributed by atoms with van der Waals surface area (Å²) in [5.74, 6) is -1.53. The Morgan fingerprint density at radius 3 is 2.39 bits per heavy atom. The van der Waals surface area contributed by atoms with Gasteiger partial charge < -0.3 is 14.9 Å². The van der Waals surface area contributed by atoms with Gasteiger partial charge >= 0.3 is 12.1 Å². The van der Waals surface area contributed by atoms with E-state index in [-0.39, 0.29) is 11.9 Å². The lowest BCUT2D eigenvalue weighted by Crippen LogP contribution is -2.33. The highest BCUT2D eigenvalue weighted by Crippen LogP contribution is 2.49. The monoisotopic (exact) mass is 505 g/mol. The smallest absolute Gasteiger partial charge is 0.475 e. The van der Waals surface area contributed by atoms with Crippen LogP contribution in [0.2, 0.25) is 0 Å². The first-order valence-corrected chi connectivity index (χ1v) is 11.3. The Balaban J connectivity index is 0.000000384. The molecule has 1 fully saturated rings. The number of fused-ring (bicyclic) bond motifs is 3. The Kier molecular flexibility index (Phi) is 6.90. The Labute approximate surface area is 204 Å². The maximum absolute atomic E-state index is 12.8. The van der Waals surface area contributed by atoms with Crippen LogP contribution in [0, 0.1) is 19.8 Å². The van der Waals surface area contributed by atoms with Gasteiger partial charge in [0, 0.05) is 44.6 Å². The van der Waals surface area contributed by atoms with E-state index in [1.54, 1.807) is 13.0 Å². The molecule has 2 N–H and O–H groups in total. The summed E-state index contributed by atoms with van der Waals surface area (Å²) in [6.07, 6.45) is -5.08. The number of carboxylic acids is 1. The fourth-order valence-corrected chi connectivity index (χ4v) is 4.99. The van der Waals surface area contributed by atoms with E-state index in [1.807, 2.05) is 18.7 Å². The largest absolute Gasteiger partial charge is 0.490 e. The molecule has 0 bridgehead atoms. The molecule has 1 aliphatic heterocycles. The lowest BCUT2D eigenvalue weighted by atomic mass is 9.94. The van der Waals surface area contributed by atoms with E-state index >= 15 is 0 Å². The van der Waals surface area contributed by atoms with E-state index in [0.29, 0.717) is 23.3 Å². The van der Waals surface area contributed by atoms with Crippen molar-refractivity contribution in [3.8, 4) is 0 Å². The molecule has 1 aliphatic carbocycles. The second kappa shape index (κ2) is 9.76. The van der Waals surface area contributed by atoms with Crippen molar-refractivity contribution in [3.63, 3.8) is 0 Å². The molecule has 1 amide bonds. The van der Waals surface area contributed by atoms with Crippen molar-refractivity contribution in [2.24, 2.45) is 13.0 Å². The fraction of sp³-hybridized carbons (Fsp3) is 0.417. The van der Waals surface area contributed by atoms with Gasteiger partial charge in [-0.3, -0.25) is 14.4 Å².